The summed E-state index contributed by atoms with van der Waals surface area (Å²) < 4.78 is 43.1. The Morgan fingerprint density at radius 3 is 2.58 bits per heavy atom. The molecule has 0 radical (unpaired) electrons. The topological polar surface area (TPSA) is 75.4 Å². The van der Waals surface area contributed by atoms with Crippen molar-refractivity contribution in [1.29, 1.82) is 0 Å². The lowest BCUT2D eigenvalue weighted by atomic mass is 9.69. The van der Waals surface area contributed by atoms with Crippen LogP contribution >= 0.6 is 23.2 Å². The third-order valence-corrected chi connectivity index (χ3v) is 9.00. The molecular formula is C23H20Cl2FN3O3S. The highest BCUT2D eigenvalue weighted by molar-refractivity contribution is 7.89. The smallest absolute Gasteiger partial charge is 0.243 e. The van der Waals surface area contributed by atoms with Crippen LogP contribution in [0.1, 0.15) is 17.7 Å². The first-order valence-electron chi connectivity index (χ1n) is 10.3. The van der Waals surface area contributed by atoms with Gasteiger partial charge in [0, 0.05) is 18.5 Å². The average molecular weight is 508 g/mol. The molecule has 1 atom stereocenters. The molecular weight excluding hydrogens is 488 g/mol. The lowest BCUT2D eigenvalue weighted by Crippen LogP contribution is -2.51. The van der Waals surface area contributed by atoms with Crippen molar-refractivity contribution in [2.75, 3.05) is 19.7 Å². The van der Waals surface area contributed by atoms with Crippen molar-refractivity contribution in [2.45, 2.75) is 17.7 Å². The number of aromatic nitrogens is 2. The predicted molar refractivity (Wildman–Crippen MR) is 125 cm³/mol. The van der Waals surface area contributed by atoms with Crippen LogP contribution in [0.5, 0.6) is 0 Å². The highest BCUT2D eigenvalue weighted by Crippen LogP contribution is 2.45. The van der Waals surface area contributed by atoms with E-state index in [0.29, 0.717) is 12.8 Å². The van der Waals surface area contributed by atoms with Gasteiger partial charge in [0.1, 0.15) is 5.82 Å². The van der Waals surface area contributed by atoms with E-state index in [2.05, 4.69) is 5.10 Å². The van der Waals surface area contributed by atoms with Crippen molar-refractivity contribution >= 4 is 39.3 Å². The van der Waals surface area contributed by atoms with Crippen molar-refractivity contribution in [3.05, 3.63) is 81.4 Å². The van der Waals surface area contributed by atoms with Crippen molar-refractivity contribution in [3.8, 4) is 5.69 Å². The molecule has 172 valence electrons. The van der Waals surface area contributed by atoms with Gasteiger partial charge in [-0.05, 0) is 66.9 Å². The number of hydrogen-bond acceptors (Lipinski definition) is 4. The number of benzene rings is 2. The molecule has 6 nitrogen and oxygen atoms in total. The molecule has 1 fully saturated rings. The molecule has 1 aromatic heterocycles. The van der Waals surface area contributed by atoms with Crippen LogP contribution in [-0.2, 0) is 16.4 Å². The number of sulfonamides is 1. The normalized spacial score (nSPS) is 20.8. The van der Waals surface area contributed by atoms with Crippen LogP contribution in [0.15, 0.2) is 59.1 Å². The summed E-state index contributed by atoms with van der Waals surface area (Å²) in [6, 6.07) is 10.3. The number of halogens is 3. The van der Waals surface area contributed by atoms with Crippen molar-refractivity contribution in [3.63, 3.8) is 0 Å². The third-order valence-electron chi connectivity index (χ3n) is 6.42. The van der Waals surface area contributed by atoms with Gasteiger partial charge in [-0.2, -0.15) is 9.40 Å². The van der Waals surface area contributed by atoms with Gasteiger partial charge in [-0.25, -0.2) is 17.5 Å². The summed E-state index contributed by atoms with van der Waals surface area (Å²) in [5.74, 6) is -0.326. The second kappa shape index (κ2) is 8.21. The van der Waals surface area contributed by atoms with Crippen molar-refractivity contribution < 1.29 is 17.9 Å². The number of hydrogen-bond donors (Lipinski definition) is 1. The molecule has 2 heterocycles. The predicted octanol–water partition coefficient (Wildman–Crippen LogP) is 4.33. The number of aliphatic hydroxyl groups excluding tert-OH is 1. The Labute approximate surface area is 200 Å². The lowest BCUT2D eigenvalue weighted by Gasteiger charge is -2.45. The van der Waals surface area contributed by atoms with E-state index in [-0.39, 0.29) is 40.5 Å². The van der Waals surface area contributed by atoms with Gasteiger partial charge < -0.3 is 5.11 Å². The van der Waals surface area contributed by atoms with Crippen LogP contribution < -0.4 is 0 Å². The maximum absolute atomic E-state index is 13.3. The fourth-order valence-corrected chi connectivity index (χ4v) is 6.54. The number of aliphatic hydroxyl groups is 1. The van der Waals surface area contributed by atoms with Crippen molar-refractivity contribution in [1.82, 2.24) is 14.1 Å². The van der Waals surface area contributed by atoms with E-state index >= 15 is 0 Å². The van der Waals surface area contributed by atoms with E-state index in [4.69, 9.17) is 23.2 Å². The van der Waals surface area contributed by atoms with Gasteiger partial charge in [0.25, 0.3) is 0 Å². The summed E-state index contributed by atoms with van der Waals surface area (Å²) in [5, 5.41) is 15.3. The maximum Gasteiger partial charge on any atom is 0.243 e. The minimum atomic E-state index is -3.82. The van der Waals surface area contributed by atoms with E-state index in [9.17, 15) is 17.9 Å². The lowest BCUT2D eigenvalue weighted by molar-refractivity contribution is 0.111. The van der Waals surface area contributed by atoms with E-state index in [0.717, 1.165) is 22.5 Å². The summed E-state index contributed by atoms with van der Waals surface area (Å²) in [6.45, 7) is 0.211. The van der Waals surface area contributed by atoms with Gasteiger partial charge in [-0.15, -0.1) is 0 Å². The Kier molecular flexibility index (Phi) is 5.61. The molecule has 1 aliphatic carbocycles. The molecule has 3 aromatic rings. The zero-order valence-electron chi connectivity index (χ0n) is 17.4. The Morgan fingerprint density at radius 2 is 1.88 bits per heavy atom. The fourth-order valence-electron chi connectivity index (χ4n) is 4.62. The van der Waals surface area contributed by atoms with Gasteiger partial charge in [-0.3, -0.25) is 0 Å². The Morgan fingerprint density at radius 1 is 1.12 bits per heavy atom. The van der Waals surface area contributed by atoms with Gasteiger partial charge in [0.15, 0.2) is 0 Å². The van der Waals surface area contributed by atoms with E-state index < -0.39 is 15.4 Å². The number of fused-ring (bicyclic) bond motifs is 2. The van der Waals surface area contributed by atoms with E-state index in [1.165, 1.54) is 34.6 Å². The third kappa shape index (κ3) is 3.80. The van der Waals surface area contributed by atoms with Crippen LogP contribution in [0.2, 0.25) is 10.0 Å². The van der Waals surface area contributed by atoms with Gasteiger partial charge in [0.05, 0.1) is 39.1 Å². The molecule has 2 aliphatic rings. The number of piperidine rings is 1. The molecule has 5 rings (SSSR count). The second-order valence-corrected chi connectivity index (χ2v) is 11.1. The van der Waals surface area contributed by atoms with Crippen LogP contribution in [-0.4, -0.2) is 47.3 Å². The highest BCUT2D eigenvalue weighted by Gasteiger charge is 2.45. The largest absolute Gasteiger partial charge is 0.395 e. The molecule has 0 bridgehead atoms. The maximum atomic E-state index is 13.3. The molecule has 33 heavy (non-hydrogen) atoms. The van der Waals surface area contributed by atoms with Gasteiger partial charge in [0.2, 0.25) is 10.0 Å². The fraction of sp³-hybridized carbons (Fsp3) is 0.261. The Bertz CT molecular complexity index is 1370. The molecule has 1 saturated heterocycles. The van der Waals surface area contributed by atoms with E-state index in [1.54, 1.807) is 23.0 Å². The molecule has 10 heteroatoms. The summed E-state index contributed by atoms with van der Waals surface area (Å²) in [5.41, 5.74) is 2.71. The first kappa shape index (κ1) is 22.6. The summed E-state index contributed by atoms with van der Waals surface area (Å²) in [6.07, 6.45) is 4.61. The van der Waals surface area contributed by atoms with Crippen LogP contribution in [0.3, 0.4) is 0 Å². The zero-order valence-corrected chi connectivity index (χ0v) is 19.7. The first-order chi connectivity index (χ1) is 15.7. The molecule has 1 aliphatic heterocycles. The summed E-state index contributed by atoms with van der Waals surface area (Å²) in [7, 11) is -3.82. The number of rotatable bonds is 4. The Hall–Kier alpha value is -2.23. The van der Waals surface area contributed by atoms with Gasteiger partial charge in [-0.1, -0.05) is 28.8 Å². The van der Waals surface area contributed by atoms with E-state index in [1.807, 2.05) is 6.08 Å². The quantitative estimate of drug-likeness (QED) is 0.570. The molecule has 0 spiro atoms. The van der Waals surface area contributed by atoms with Crippen LogP contribution in [0.4, 0.5) is 4.39 Å². The molecule has 0 unspecified atom stereocenters. The minimum Gasteiger partial charge on any atom is -0.395 e. The molecule has 2 aromatic carbocycles. The average Bonchev–Trinajstić information content (AvgIpc) is 3.21. The molecule has 0 saturated carbocycles. The Balaban J connectivity index is 1.49. The van der Waals surface area contributed by atoms with Crippen molar-refractivity contribution in [2.24, 2.45) is 5.41 Å². The standard InChI is InChI=1S/C23H20Cl2FN3O3S/c24-20-6-5-19(10-21(20)25)33(31,32)28-8-7-16-9-22-15(11-23(16,13-28)14-30)12-27-29(22)18-3-1-17(26)2-4-18/h1-6,9-10,12,30H,7-8,11,13-14H2/t23-/m1/s1. The summed E-state index contributed by atoms with van der Waals surface area (Å²) in [4.78, 5) is 0.0676. The SMILES string of the molecule is O=S(=O)(c1ccc(Cl)c(Cl)c1)N1CCC2=Cc3c(cnn3-c3ccc(F)cc3)C[C@]2(CO)C1. The molecule has 0 amide bonds. The molecule has 1 N–H and O–H groups in total. The summed E-state index contributed by atoms with van der Waals surface area (Å²) >= 11 is 12.0. The first-order valence-corrected chi connectivity index (χ1v) is 12.5. The minimum absolute atomic E-state index is 0.0676. The highest BCUT2D eigenvalue weighted by atomic mass is 35.5. The number of nitrogens with zero attached hydrogens (tertiary/aromatic N) is 3. The zero-order chi connectivity index (χ0) is 23.4. The van der Waals surface area contributed by atoms with Gasteiger partial charge >= 0.3 is 0 Å². The van der Waals surface area contributed by atoms with Crippen LogP contribution in [0.25, 0.3) is 11.8 Å². The second-order valence-electron chi connectivity index (χ2n) is 8.39. The van der Waals surface area contributed by atoms with Crippen LogP contribution in [0, 0.1) is 11.2 Å². The monoisotopic (exact) mass is 507 g/mol.